The van der Waals surface area contributed by atoms with Gasteiger partial charge in [-0.15, -0.1) is 0 Å². The number of hydrogen-bond acceptors (Lipinski definition) is 2. The van der Waals surface area contributed by atoms with E-state index in [1.807, 2.05) is 0 Å². The molecule has 0 radical (unpaired) electrons. The zero-order valence-corrected chi connectivity index (χ0v) is 7.29. The van der Waals surface area contributed by atoms with Gasteiger partial charge in [0.25, 0.3) is 0 Å². The van der Waals surface area contributed by atoms with Gasteiger partial charge in [0.2, 0.25) is 0 Å². The summed E-state index contributed by atoms with van der Waals surface area (Å²) >= 11 is 0. The first-order chi connectivity index (χ1) is 9.58. The SMILES string of the molecule is [2H]C([2H])([2H])[N+](CCCC[C@H](N)C(=O)O)(C([2H])([2H])[2H])C([2H])([2H])[2H]. The molecule has 0 aliphatic carbocycles. The summed E-state index contributed by atoms with van der Waals surface area (Å²) in [5, 5.41) is 8.63. The van der Waals surface area contributed by atoms with Crippen LogP contribution in [0.1, 0.15) is 31.6 Å². The molecule has 3 N–H and O–H groups in total. The minimum Gasteiger partial charge on any atom is -0.480 e. The minimum absolute atomic E-state index is 0.00165. The number of hydrogen-bond donors (Lipinski definition) is 2. The van der Waals surface area contributed by atoms with Crippen LogP contribution in [0.2, 0.25) is 0 Å². The van der Waals surface area contributed by atoms with Crippen LogP contribution in [0.3, 0.4) is 0 Å². The molecule has 4 heteroatoms. The van der Waals surface area contributed by atoms with Crippen molar-refractivity contribution < 1.29 is 26.7 Å². The summed E-state index contributed by atoms with van der Waals surface area (Å²) in [5.41, 5.74) is 5.29. The van der Waals surface area contributed by atoms with E-state index in [1.165, 1.54) is 0 Å². The normalized spacial score (nSPS) is 27.3. The lowest BCUT2D eigenvalue weighted by Gasteiger charge is -2.23. The molecule has 0 saturated heterocycles. The van der Waals surface area contributed by atoms with Gasteiger partial charge in [-0.05, 0) is 19.3 Å². The average Bonchev–Trinajstić information content (AvgIpc) is 2.22. The molecule has 1 atom stereocenters. The summed E-state index contributed by atoms with van der Waals surface area (Å²) in [6, 6.07) is -1.16. The van der Waals surface area contributed by atoms with Crippen molar-refractivity contribution in [3.63, 3.8) is 0 Å². The third kappa shape index (κ3) is 7.74. The Hall–Kier alpha value is -0.610. The van der Waals surface area contributed by atoms with Crippen LogP contribution in [0, 0.1) is 0 Å². The van der Waals surface area contributed by atoms with E-state index >= 15 is 0 Å². The van der Waals surface area contributed by atoms with Gasteiger partial charge < -0.3 is 15.3 Å². The second-order valence-electron chi connectivity index (χ2n) is 2.97. The maximum atomic E-state index is 10.6. The Morgan fingerprint density at radius 3 is 2.62 bits per heavy atom. The molecule has 0 saturated carbocycles. The molecule has 0 aromatic carbocycles. The molecule has 0 rings (SSSR count). The van der Waals surface area contributed by atoms with E-state index in [-0.39, 0.29) is 19.3 Å². The fourth-order valence-corrected chi connectivity index (χ4v) is 0.837. The number of nitrogens with zero attached hydrogens (tertiary/aromatic N) is 1. The van der Waals surface area contributed by atoms with E-state index in [4.69, 9.17) is 23.2 Å². The lowest BCUT2D eigenvalue weighted by Crippen LogP contribution is -2.35. The maximum absolute atomic E-state index is 10.6. The molecule has 4 nitrogen and oxygen atoms in total. The number of unbranched alkanes of at least 4 members (excludes halogenated alkanes) is 1. The lowest BCUT2D eigenvalue weighted by molar-refractivity contribution is -0.870. The van der Waals surface area contributed by atoms with Crippen molar-refractivity contribution in [1.82, 2.24) is 0 Å². The lowest BCUT2D eigenvalue weighted by atomic mass is 10.1. The van der Waals surface area contributed by atoms with Crippen molar-refractivity contribution in [2.45, 2.75) is 25.3 Å². The van der Waals surface area contributed by atoms with Crippen LogP contribution < -0.4 is 5.73 Å². The first kappa shape index (κ1) is 3.87. The number of rotatable bonds is 6. The van der Waals surface area contributed by atoms with Gasteiger partial charge >= 0.3 is 5.97 Å². The van der Waals surface area contributed by atoms with Gasteiger partial charge in [-0.25, -0.2) is 0 Å². The summed E-state index contributed by atoms with van der Waals surface area (Å²) in [4.78, 5) is 10.6. The third-order valence-corrected chi connectivity index (χ3v) is 1.58. The summed E-state index contributed by atoms with van der Waals surface area (Å²) in [5.74, 6) is -1.23. The molecule has 78 valence electrons. The van der Waals surface area contributed by atoms with Gasteiger partial charge in [0.15, 0.2) is 0 Å². The topological polar surface area (TPSA) is 63.3 Å². The summed E-state index contributed by atoms with van der Waals surface area (Å²) in [7, 11) is 0. The van der Waals surface area contributed by atoms with Crippen LogP contribution in [-0.4, -0.2) is 49.1 Å². The van der Waals surface area contributed by atoms with Crippen LogP contribution in [0.25, 0.3) is 0 Å². The Bertz CT molecular complexity index is 352. The van der Waals surface area contributed by atoms with E-state index in [0.717, 1.165) is 0 Å². The summed E-state index contributed by atoms with van der Waals surface area (Å²) in [6.45, 7) is -10.5. The molecular weight excluding hydrogens is 168 g/mol. The smallest absolute Gasteiger partial charge is 0.320 e. The van der Waals surface area contributed by atoms with Gasteiger partial charge in [0, 0.05) is 0 Å². The second kappa shape index (κ2) is 5.19. The molecular formula is C9H21N2O2+. The van der Waals surface area contributed by atoms with Crippen molar-refractivity contribution >= 4 is 5.97 Å². The maximum Gasteiger partial charge on any atom is 0.320 e. The van der Waals surface area contributed by atoms with E-state index in [9.17, 15) is 4.79 Å². The Morgan fingerprint density at radius 1 is 1.54 bits per heavy atom. The molecule has 0 amide bonds. The van der Waals surface area contributed by atoms with Crippen molar-refractivity contribution in [2.24, 2.45) is 5.73 Å². The van der Waals surface area contributed by atoms with Crippen LogP contribution in [0.4, 0.5) is 0 Å². The quantitative estimate of drug-likeness (QED) is 0.476. The molecule has 0 aromatic heterocycles. The van der Waals surface area contributed by atoms with Crippen LogP contribution in [0.5, 0.6) is 0 Å². The van der Waals surface area contributed by atoms with Crippen LogP contribution >= 0.6 is 0 Å². The van der Waals surface area contributed by atoms with Crippen molar-refractivity contribution in [2.75, 3.05) is 27.5 Å². The van der Waals surface area contributed by atoms with E-state index in [0.29, 0.717) is 0 Å². The van der Waals surface area contributed by atoms with Crippen molar-refractivity contribution in [3.8, 4) is 0 Å². The van der Waals surface area contributed by atoms with E-state index < -0.39 is 44.0 Å². The van der Waals surface area contributed by atoms with Gasteiger partial charge in [0.05, 0.1) is 39.8 Å². The zero-order chi connectivity index (χ0) is 18.0. The Labute approximate surface area is 91.2 Å². The number of carboxylic acids is 1. The summed E-state index contributed by atoms with van der Waals surface area (Å²) in [6.07, 6.45) is 0.0180. The van der Waals surface area contributed by atoms with Crippen molar-refractivity contribution in [3.05, 3.63) is 0 Å². The predicted molar refractivity (Wildman–Crippen MR) is 52.4 cm³/mol. The average molecular weight is 198 g/mol. The summed E-state index contributed by atoms with van der Waals surface area (Å²) < 4.78 is 64.6. The van der Waals surface area contributed by atoms with Gasteiger partial charge in [-0.3, -0.25) is 4.79 Å². The Kier molecular flexibility index (Phi) is 1.54. The van der Waals surface area contributed by atoms with E-state index in [1.54, 1.807) is 0 Å². The highest BCUT2D eigenvalue weighted by Gasteiger charge is 2.11. The molecule has 0 heterocycles. The highest BCUT2D eigenvalue weighted by molar-refractivity contribution is 5.72. The molecule has 0 unspecified atom stereocenters. The standard InChI is InChI=1S/C9H20N2O2/c1-11(2,3)7-5-4-6-8(10)9(12)13/h8H,4-7,10H2,1-3H3/p+1/t8-/m0/s1/i1D3,2D3,3D3. The van der Waals surface area contributed by atoms with Gasteiger partial charge in [-0.2, -0.15) is 0 Å². The first-order valence-electron chi connectivity index (χ1n) is 8.45. The number of aliphatic carboxylic acids is 1. The highest BCUT2D eigenvalue weighted by atomic mass is 16.4. The molecule has 13 heavy (non-hydrogen) atoms. The largest absolute Gasteiger partial charge is 0.480 e. The molecule has 0 aliphatic heterocycles. The molecule has 0 fully saturated rings. The fourth-order valence-electron chi connectivity index (χ4n) is 0.837. The van der Waals surface area contributed by atoms with Crippen molar-refractivity contribution in [1.29, 1.82) is 0 Å². The second-order valence-corrected chi connectivity index (χ2v) is 2.97. The molecule has 0 aromatic rings. The number of nitrogens with two attached hydrogens (primary N) is 1. The number of carbonyl (C=O) groups is 1. The molecule has 0 bridgehead atoms. The monoisotopic (exact) mass is 198 g/mol. The zero-order valence-electron chi connectivity index (χ0n) is 16.3. The van der Waals surface area contributed by atoms with E-state index in [2.05, 4.69) is 0 Å². The van der Waals surface area contributed by atoms with Crippen LogP contribution in [0.15, 0.2) is 0 Å². The van der Waals surface area contributed by atoms with Gasteiger partial charge in [-0.1, -0.05) is 0 Å². The minimum atomic E-state index is -3.27. The predicted octanol–water partition coefficient (Wildman–Crippen LogP) is 0.275. The fraction of sp³-hybridized carbons (Fsp3) is 0.889. The Balaban J connectivity index is 5.25. The molecule has 0 aliphatic rings. The van der Waals surface area contributed by atoms with Gasteiger partial charge in [0.1, 0.15) is 6.04 Å². The third-order valence-electron chi connectivity index (χ3n) is 1.58. The number of carboxylic acid groups (broad SMARTS) is 1. The first-order valence-corrected chi connectivity index (χ1v) is 3.95. The highest BCUT2D eigenvalue weighted by Crippen LogP contribution is 2.02. The molecule has 0 spiro atoms. The van der Waals surface area contributed by atoms with Crippen LogP contribution in [-0.2, 0) is 4.79 Å². The number of quaternary nitrogens is 1. The Morgan fingerprint density at radius 2 is 2.15 bits per heavy atom.